The van der Waals surface area contributed by atoms with Crippen molar-refractivity contribution < 1.29 is 65.9 Å². The first-order valence-corrected chi connectivity index (χ1v) is 46.5. The molecule has 0 heterocycles. The lowest BCUT2D eigenvalue weighted by atomic mass is 9.57. The molecule has 0 aromatic rings. The average Bonchev–Trinajstić information content (AvgIpc) is 0.756. The monoisotopic (exact) mass is 1690 g/mol. The van der Waals surface area contributed by atoms with Crippen LogP contribution in [0.25, 0.3) is 0 Å². The highest BCUT2D eigenvalue weighted by Gasteiger charge is 2.59. The van der Waals surface area contributed by atoms with Crippen molar-refractivity contribution in [2.45, 2.75) is 526 Å². The Morgan fingerprint density at radius 3 is 0.583 bits per heavy atom. The number of hydrogen-bond acceptors (Lipinski definition) is 0. The summed E-state index contributed by atoms with van der Waals surface area (Å²) in [6.45, 7) is 90.6. The van der Waals surface area contributed by atoms with Crippen molar-refractivity contribution in [1.29, 1.82) is 0 Å². The van der Waals surface area contributed by atoms with Crippen molar-refractivity contribution >= 4 is 0 Å². The highest BCUT2D eigenvalue weighted by atomic mass is 19.4. The molecule has 0 nitrogen and oxygen atoms in total. The van der Waals surface area contributed by atoms with Gasteiger partial charge in [0, 0.05) is 10.8 Å². The second-order valence-corrected chi connectivity index (χ2v) is 42.6. The molecule has 0 spiro atoms. The quantitative estimate of drug-likeness (QED) is 0.0629. The van der Waals surface area contributed by atoms with Gasteiger partial charge in [-0.2, -0.15) is 39.5 Å². The summed E-state index contributed by atoms with van der Waals surface area (Å²) >= 11 is 0. The highest BCUT2D eigenvalue weighted by molar-refractivity contribution is 5.03. The summed E-state index contributed by atoms with van der Waals surface area (Å²) in [5.41, 5.74) is -9.90. The molecule has 0 N–H and O–H groups in total. The van der Waals surface area contributed by atoms with Gasteiger partial charge in [-0.15, -0.1) is 0 Å². The maximum Gasteiger partial charge on any atom is 0.394 e. The molecule has 0 radical (unpaired) electrons. The molecule has 0 aromatic carbocycles. The van der Waals surface area contributed by atoms with E-state index in [1.165, 1.54) is 27.2 Å². The fraction of sp³-hybridized carbons (Fsp3) is 1.00. The summed E-state index contributed by atoms with van der Waals surface area (Å²) in [6, 6.07) is 0. The largest absolute Gasteiger partial charge is 0.394 e. The number of hydrogen-bond donors (Lipinski definition) is 0. The number of rotatable bonds is 30. The van der Waals surface area contributed by atoms with E-state index < -0.39 is 68.8 Å². The smallest absolute Gasteiger partial charge is 0.244 e. The van der Waals surface area contributed by atoms with E-state index in [0.29, 0.717) is 60.2 Å². The highest BCUT2D eigenvalue weighted by Crippen LogP contribution is 2.56. The Hall–Kier alpha value is -1.05. The summed E-state index contributed by atoms with van der Waals surface area (Å²) in [4.78, 5) is 0. The van der Waals surface area contributed by atoms with E-state index in [2.05, 4.69) is 166 Å². The summed E-state index contributed by atoms with van der Waals surface area (Å²) in [5.74, 6) is 1.27. The van der Waals surface area contributed by atoms with E-state index in [4.69, 9.17) is 0 Å². The Morgan fingerprint density at radius 2 is 0.470 bits per heavy atom. The summed E-state index contributed by atoms with van der Waals surface area (Å²) in [6.07, 6.45) is 6.51. The first kappa shape index (κ1) is 130. The van der Waals surface area contributed by atoms with Gasteiger partial charge in [-0.3, -0.25) is 0 Å². The lowest BCUT2D eigenvalue weighted by Gasteiger charge is -2.51. The van der Waals surface area contributed by atoms with Crippen LogP contribution < -0.4 is 0 Å². The zero-order valence-electron chi connectivity index (χ0n) is 85.0. The van der Waals surface area contributed by atoms with E-state index in [0.717, 1.165) is 103 Å². The summed E-state index contributed by atoms with van der Waals surface area (Å²) in [7, 11) is 0. The third kappa shape index (κ3) is 43.9. The molecule has 2 fully saturated rings. The molecule has 0 aromatic heterocycles. The van der Waals surface area contributed by atoms with E-state index >= 15 is 8.78 Å². The Bertz CT molecular complexity index is 2160. The first-order valence-electron chi connectivity index (χ1n) is 46.5. The summed E-state index contributed by atoms with van der Waals surface area (Å²) in [5, 5.41) is 0. The second kappa shape index (κ2) is 55.3. The minimum atomic E-state index is -4.10. The van der Waals surface area contributed by atoms with E-state index in [-0.39, 0.29) is 82.9 Å². The van der Waals surface area contributed by atoms with Gasteiger partial charge in [0.25, 0.3) is 0 Å². The Kier molecular flexibility index (Phi) is 62.3. The van der Waals surface area contributed by atoms with Gasteiger partial charge in [0.05, 0.1) is 16.2 Å². The SMILES string of the molecule is CC(C)(C)C.CC(C)C(C(C)C)C(C)(F)C(C(C)C)C(C)C.CC(C)C(C)(C(C)C)C(F)(F)F.CC(C)C(C)(F)C(C)C.CC1(C)CCC(C)(F)CC1.CC1(F)CCCCC1.CCC(C)(CC)C(C)(F)C(C)(CC)CC.CCC(C)(CC)C(F)(F)F.CCC(CC)C(C)(C(CC)CC)C(F)(F)F.CCC(CC)C(C)(F)C(CC)CC. The van der Waals surface area contributed by atoms with Crippen LogP contribution in [-0.2, 0) is 0 Å². The molecule has 115 heavy (non-hydrogen) atoms. The molecule has 2 saturated carbocycles. The van der Waals surface area contributed by atoms with Crippen molar-refractivity contribution in [2.24, 2.45) is 121 Å². The number of alkyl halides is 15. The minimum absolute atomic E-state index is 0.123. The van der Waals surface area contributed by atoms with Crippen LogP contribution in [-0.4, -0.2) is 52.5 Å². The molecule has 0 atom stereocenters. The lowest BCUT2D eigenvalue weighted by Crippen LogP contribution is -2.51. The van der Waals surface area contributed by atoms with Gasteiger partial charge < -0.3 is 0 Å². The van der Waals surface area contributed by atoms with Crippen LogP contribution in [0.1, 0.15) is 473 Å². The third-order valence-electron chi connectivity index (χ3n) is 29.5. The van der Waals surface area contributed by atoms with Crippen LogP contribution in [0.5, 0.6) is 0 Å². The predicted molar refractivity (Wildman–Crippen MR) is 480 cm³/mol. The normalized spacial score (nSPS) is 16.2. The van der Waals surface area contributed by atoms with Crippen LogP contribution in [0.3, 0.4) is 0 Å². The van der Waals surface area contributed by atoms with Crippen molar-refractivity contribution in [1.82, 2.24) is 0 Å². The molecule has 0 unspecified atom stereocenters. The lowest BCUT2D eigenvalue weighted by molar-refractivity contribution is -0.258. The van der Waals surface area contributed by atoms with E-state index in [1.54, 1.807) is 69.2 Å². The molecule has 15 heteroatoms. The maximum atomic E-state index is 15.4. The molecule has 0 bridgehead atoms. The topological polar surface area (TPSA) is 0 Å². The Balaban J connectivity index is -0.000000187. The van der Waals surface area contributed by atoms with Crippen molar-refractivity contribution in [3.05, 3.63) is 0 Å². The van der Waals surface area contributed by atoms with Gasteiger partial charge in [-0.1, -0.05) is 355 Å². The minimum Gasteiger partial charge on any atom is -0.244 e. The molecule has 706 valence electrons. The number of halogens is 15. The molecule has 2 aliphatic rings. The van der Waals surface area contributed by atoms with Gasteiger partial charge >= 0.3 is 18.5 Å². The second-order valence-electron chi connectivity index (χ2n) is 42.6. The molecular weight excluding hydrogens is 1490 g/mol. The molecule has 2 aliphatic carbocycles. The van der Waals surface area contributed by atoms with Gasteiger partial charge in [0.1, 0.15) is 34.0 Å². The van der Waals surface area contributed by atoms with E-state index in [9.17, 15) is 57.1 Å². The molecule has 2 rings (SSSR count). The predicted octanol–water partition coefficient (Wildman–Crippen LogP) is 39.3. The van der Waals surface area contributed by atoms with Crippen molar-refractivity contribution in [2.75, 3.05) is 0 Å². The average molecular weight is 1690 g/mol. The van der Waals surface area contributed by atoms with Crippen molar-refractivity contribution in [3.63, 3.8) is 0 Å². The fourth-order valence-corrected chi connectivity index (χ4v) is 17.9. The van der Waals surface area contributed by atoms with Crippen LogP contribution in [0.15, 0.2) is 0 Å². The van der Waals surface area contributed by atoms with Crippen LogP contribution in [0, 0.1) is 121 Å². The maximum absolute atomic E-state index is 15.4. The molecular formula is C100H201F15. The molecule has 0 aliphatic heterocycles. The van der Waals surface area contributed by atoms with Crippen LogP contribution >= 0.6 is 0 Å². The molecule has 0 saturated heterocycles. The van der Waals surface area contributed by atoms with Gasteiger partial charge in [-0.25, -0.2) is 26.3 Å². The van der Waals surface area contributed by atoms with Gasteiger partial charge in [-0.05, 0) is 212 Å². The Labute approximate surface area is 708 Å². The van der Waals surface area contributed by atoms with E-state index in [1.807, 2.05) is 69.2 Å². The summed E-state index contributed by atoms with van der Waals surface area (Å²) < 4.78 is 199. The Morgan fingerprint density at radius 1 is 0.252 bits per heavy atom. The zero-order chi connectivity index (χ0) is 94.3. The van der Waals surface area contributed by atoms with Gasteiger partial charge in [0.2, 0.25) is 0 Å². The fourth-order valence-electron chi connectivity index (χ4n) is 17.9. The standard InChI is InChI=1S/C16H33F.C14H29F.C13H25F3.C12H25F.C9H17F3.C9H17F.C8H17F.C7H13F3.C7H13F.C5H12/c1-10(2)14(11(3)4)16(9,17)15(12(5)6)13(7)8;1-8-12(5,9-2)14(7,15)13(6,10-3)11-4;1-6-10(7-2)12(5,13(14,15)16)11(8-3)9-4;1-6-10(7-2)12(5,13)11(8-3)9-4;1-6(2)8(5,7(3)4)9(10,11)12;1-8(2)4-6-9(3,10)7-5-8;1-6(2)8(5,9)7(3)4;1-4-6(3,5-2)7(8,9)10;1-7(8)5-3-2-4-6-7;1-5(2,3)4/h10-15H,1-9H3;8-11H2,1-7H3;10-11H,6-9H2,1-5H3;10-11H,6-9H2,1-5H3;6-7H,1-5H3;4-7H2,1-3H3;6-7H,1-5H3;4-5H2,1-3H3;2-6H2,1H3;1-4H3. The zero-order valence-corrected chi connectivity index (χ0v) is 85.0. The van der Waals surface area contributed by atoms with Crippen LogP contribution in [0.4, 0.5) is 65.9 Å². The molecule has 0 amide bonds. The first-order chi connectivity index (χ1) is 51.1. The third-order valence-corrected chi connectivity index (χ3v) is 29.5. The van der Waals surface area contributed by atoms with Crippen LogP contribution in [0.2, 0.25) is 0 Å². The van der Waals surface area contributed by atoms with Gasteiger partial charge in [0.15, 0.2) is 0 Å². The van der Waals surface area contributed by atoms with Crippen molar-refractivity contribution in [3.8, 4) is 0 Å².